The first-order valence-electron chi connectivity index (χ1n) is 7.79. The summed E-state index contributed by atoms with van der Waals surface area (Å²) in [7, 11) is 0. The Hall–Kier alpha value is -2.31. The number of benzene rings is 1. The van der Waals surface area contributed by atoms with Crippen molar-refractivity contribution in [1.29, 1.82) is 0 Å². The number of oxazole rings is 1. The van der Waals surface area contributed by atoms with Crippen molar-refractivity contribution in [3.63, 3.8) is 0 Å². The number of aromatic nitrogens is 1. The number of amides is 2. The molecular formula is C18H18ClN3O2S. The maximum absolute atomic E-state index is 12.2. The Morgan fingerprint density at radius 2 is 2.08 bits per heavy atom. The van der Waals surface area contributed by atoms with Crippen LogP contribution in [0.1, 0.15) is 29.3 Å². The van der Waals surface area contributed by atoms with Gasteiger partial charge in [-0.25, -0.2) is 9.78 Å². The summed E-state index contributed by atoms with van der Waals surface area (Å²) in [5.74, 6) is 1.33. The fraction of sp³-hybridized carbons (Fsp3) is 0.222. The Morgan fingerprint density at radius 3 is 2.72 bits per heavy atom. The van der Waals surface area contributed by atoms with E-state index in [1.165, 1.54) is 11.3 Å². The molecule has 0 aliphatic rings. The highest BCUT2D eigenvalue weighted by Crippen LogP contribution is 2.27. The van der Waals surface area contributed by atoms with Gasteiger partial charge in [0, 0.05) is 16.1 Å². The van der Waals surface area contributed by atoms with Crippen molar-refractivity contribution < 1.29 is 9.21 Å². The average molecular weight is 376 g/mol. The zero-order valence-electron chi connectivity index (χ0n) is 14.1. The van der Waals surface area contributed by atoms with Gasteiger partial charge < -0.3 is 15.1 Å². The van der Waals surface area contributed by atoms with Gasteiger partial charge in [0.1, 0.15) is 5.76 Å². The quantitative estimate of drug-likeness (QED) is 0.627. The summed E-state index contributed by atoms with van der Waals surface area (Å²) in [5.41, 5.74) is 2.33. The topological polar surface area (TPSA) is 67.2 Å². The lowest BCUT2D eigenvalue weighted by Gasteiger charge is -2.13. The second-order valence-corrected chi connectivity index (χ2v) is 7.45. The van der Waals surface area contributed by atoms with Gasteiger partial charge in [-0.05, 0) is 51.1 Å². The monoisotopic (exact) mass is 375 g/mol. The largest absolute Gasteiger partial charge is 0.441 e. The average Bonchev–Trinajstić information content (AvgIpc) is 3.14. The minimum Gasteiger partial charge on any atom is -0.441 e. The van der Waals surface area contributed by atoms with Crippen LogP contribution >= 0.6 is 22.9 Å². The van der Waals surface area contributed by atoms with Crippen LogP contribution < -0.4 is 10.6 Å². The number of rotatable bonds is 4. The molecule has 3 rings (SSSR count). The van der Waals surface area contributed by atoms with Gasteiger partial charge in [0.15, 0.2) is 0 Å². The van der Waals surface area contributed by atoms with Crippen LogP contribution in [0.2, 0.25) is 4.34 Å². The van der Waals surface area contributed by atoms with Crippen LogP contribution in [0.5, 0.6) is 0 Å². The standard InChI is InChI=1S/C18H18ClN3O2S/c1-10-12(3)24-17(20-10)13-5-4-6-14(9-13)22-18(23)21-11(2)15-7-8-16(19)25-15/h4-9,11H,1-3H3,(H2,21,22,23). The van der Waals surface area contributed by atoms with Crippen molar-refractivity contribution in [2.24, 2.45) is 0 Å². The van der Waals surface area contributed by atoms with Gasteiger partial charge in [-0.15, -0.1) is 11.3 Å². The van der Waals surface area contributed by atoms with E-state index in [1.54, 1.807) is 0 Å². The zero-order chi connectivity index (χ0) is 18.0. The highest BCUT2D eigenvalue weighted by Gasteiger charge is 2.13. The van der Waals surface area contributed by atoms with Crippen LogP contribution in [-0.4, -0.2) is 11.0 Å². The summed E-state index contributed by atoms with van der Waals surface area (Å²) < 4.78 is 6.34. The van der Waals surface area contributed by atoms with Crippen molar-refractivity contribution in [3.05, 3.63) is 57.1 Å². The van der Waals surface area contributed by atoms with Crippen molar-refractivity contribution in [1.82, 2.24) is 10.3 Å². The number of nitrogens with one attached hydrogen (secondary N) is 2. The molecule has 5 nitrogen and oxygen atoms in total. The second kappa shape index (κ2) is 7.29. The van der Waals surface area contributed by atoms with E-state index < -0.39 is 0 Å². The first-order chi connectivity index (χ1) is 11.9. The van der Waals surface area contributed by atoms with E-state index in [1.807, 2.05) is 57.2 Å². The van der Waals surface area contributed by atoms with Crippen LogP contribution in [0, 0.1) is 13.8 Å². The predicted octanol–water partition coefficient (Wildman–Crippen LogP) is 5.56. The fourth-order valence-electron chi connectivity index (χ4n) is 2.32. The van der Waals surface area contributed by atoms with Crippen LogP contribution in [0.15, 0.2) is 40.8 Å². The molecule has 2 aromatic heterocycles. The van der Waals surface area contributed by atoms with Crippen LogP contribution in [-0.2, 0) is 0 Å². The number of anilines is 1. The number of hydrogen-bond donors (Lipinski definition) is 2. The summed E-state index contributed by atoms with van der Waals surface area (Å²) in [6, 6.07) is 10.7. The van der Waals surface area contributed by atoms with Gasteiger partial charge in [0.2, 0.25) is 5.89 Å². The highest BCUT2D eigenvalue weighted by molar-refractivity contribution is 7.16. The third-order valence-electron chi connectivity index (χ3n) is 3.76. The lowest BCUT2D eigenvalue weighted by Crippen LogP contribution is -2.30. The van der Waals surface area contributed by atoms with E-state index in [2.05, 4.69) is 15.6 Å². The molecule has 1 unspecified atom stereocenters. The molecule has 1 aromatic carbocycles. The number of thiophene rings is 1. The van der Waals surface area contributed by atoms with Crippen LogP contribution in [0.25, 0.3) is 11.5 Å². The van der Waals surface area contributed by atoms with E-state index in [9.17, 15) is 4.79 Å². The number of nitrogens with zero attached hydrogens (tertiary/aromatic N) is 1. The predicted molar refractivity (Wildman–Crippen MR) is 101 cm³/mol. The van der Waals surface area contributed by atoms with Gasteiger partial charge in [0.25, 0.3) is 0 Å². The third-order valence-corrected chi connectivity index (χ3v) is 5.18. The highest BCUT2D eigenvalue weighted by atomic mass is 35.5. The molecule has 0 radical (unpaired) electrons. The van der Waals surface area contributed by atoms with E-state index in [0.29, 0.717) is 15.9 Å². The maximum Gasteiger partial charge on any atom is 0.319 e. The fourth-order valence-corrected chi connectivity index (χ4v) is 3.39. The molecule has 2 amide bonds. The molecule has 0 aliphatic heterocycles. The number of carbonyl (C=O) groups is 1. The Balaban J connectivity index is 1.68. The summed E-state index contributed by atoms with van der Waals surface area (Å²) in [6.07, 6.45) is 0. The second-order valence-electron chi connectivity index (χ2n) is 5.70. The summed E-state index contributed by atoms with van der Waals surface area (Å²) >= 11 is 7.38. The maximum atomic E-state index is 12.2. The Labute approximate surface area is 155 Å². The molecule has 0 bridgehead atoms. The third kappa shape index (κ3) is 4.21. The minimum absolute atomic E-state index is 0.127. The van der Waals surface area contributed by atoms with Crippen LogP contribution in [0.4, 0.5) is 10.5 Å². The molecule has 25 heavy (non-hydrogen) atoms. The molecule has 2 N–H and O–H groups in total. The van der Waals surface area contributed by atoms with Gasteiger partial charge in [-0.1, -0.05) is 17.7 Å². The molecule has 3 aromatic rings. The summed E-state index contributed by atoms with van der Waals surface area (Å²) in [6.45, 7) is 5.69. The van der Waals surface area contributed by atoms with Crippen molar-refractivity contribution in [3.8, 4) is 11.5 Å². The van der Waals surface area contributed by atoms with Crippen molar-refractivity contribution in [2.75, 3.05) is 5.32 Å². The number of carbonyl (C=O) groups excluding carboxylic acids is 1. The lowest BCUT2D eigenvalue weighted by atomic mass is 10.2. The zero-order valence-corrected chi connectivity index (χ0v) is 15.7. The van der Waals surface area contributed by atoms with E-state index >= 15 is 0 Å². The first-order valence-corrected chi connectivity index (χ1v) is 8.99. The lowest BCUT2D eigenvalue weighted by molar-refractivity contribution is 0.249. The van der Waals surface area contributed by atoms with E-state index in [0.717, 1.165) is 21.9 Å². The number of aryl methyl sites for hydroxylation is 2. The first kappa shape index (κ1) is 17.5. The number of urea groups is 1. The molecule has 0 spiro atoms. The normalized spacial score (nSPS) is 12.0. The Kier molecular flexibility index (Phi) is 5.11. The molecule has 0 saturated heterocycles. The number of halogens is 1. The molecule has 0 fully saturated rings. The summed E-state index contributed by atoms with van der Waals surface area (Å²) in [5, 5.41) is 5.73. The van der Waals surface area contributed by atoms with Crippen molar-refractivity contribution >= 4 is 34.7 Å². The summed E-state index contributed by atoms with van der Waals surface area (Å²) in [4.78, 5) is 17.6. The van der Waals surface area contributed by atoms with E-state index in [4.69, 9.17) is 16.0 Å². The van der Waals surface area contributed by atoms with Gasteiger partial charge in [-0.2, -0.15) is 0 Å². The molecule has 7 heteroatoms. The minimum atomic E-state index is -0.283. The van der Waals surface area contributed by atoms with Crippen molar-refractivity contribution in [2.45, 2.75) is 26.8 Å². The Morgan fingerprint density at radius 1 is 1.28 bits per heavy atom. The molecular weight excluding hydrogens is 358 g/mol. The van der Waals surface area contributed by atoms with Crippen LogP contribution in [0.3, 0.4) is 0 Å². The van der Waals surface area contributed by atoms with E-state index in [-0.39, 0.29) is 12.1 Å². The smallest absolute Gasteiger partial charge is 0.319 e. The molecule has 130 valence electrons. The molecule has 0 saturated carbocycles. The Bertz CT molecular complexity index is 884. The SMILES string of the molecule is Cc1nc(-c2cccc(NC(=O)NC(C)c3ccc(Cl)s3)c2)oc1C. The van der Waals surface area contributed by atoms with Gasteiger partial charge in [0.05, 0.1) is 16.1 Å². The molecule has 1 atom stereocenters. The molecule has 2 heterocycles. The van der Waals surface area contributed by atoms with Gasteiger partial charge in [-0.3, -0.25) is 0 Å². The molecule has 0 aliphatic carbocycles. The van der Waals surface area contributed by atoms with Gasteiger partial charge >= 0.3 is 6.03 Å². The number of hydrogen-bond acceptors (Lipinski definition) is 4.